The average molecular weight is 277 g/mol. The fourth-order valence-electron chi connectivity index (χ4n) is 2.54. The molecule has 3 heteroatoms. The highest BCUT2D eigenvalue weighted by Gasteiger charge is 2.10. The summed E-state index contributed by atoms with van der Waals surface area (Å²) in [5, 5.41) is 0. The van der Waals surface area contributed by atoms with Crippen LogP contribution in [-0.4, -0.2) is 29.0 Å². The molecule has 0 spiro atoms. The van der Waals surface area contributed by atoms with Crippen LogP contribution in [-0.2, 0) is 6.54 Å². The molecule has 0 aliphatic carbocycles. The third-order valence-electron chi connectivity index (χ3n) is 3.71. The van der Waals surface area contributed by atoms with Gasteiger partial charge in [0.1, 0.15) is 0 Å². The molecule has 1 rings (SSSR count). The molecule has 0 radical (unpaired) electrons. The molecule has 0 saturated heterocycles. The van der Waals surface area contributed by atoms with Crippen LogP contribution >= 0.6 is 0 Å². The summed E-state index contributed by atoms with van der Waals surface area (Å²) in [7, 11) is 0. The second-order valence-electron chi connectivity index (χ2n) is 6.11. The van der Waals surface area contributed by atoms with Gasteiger partial charge < -0.3 is 5.73 Å². The molecular formula is C17H31N3. The molecule has 0 aliphatic rings. The van der Waals surface area contributed by atoms with Crippen LogP contribution in [0.2, 0.25) is 0 Å². The lowest BCUT2D eigenvalue weighted by molar-refractivity contribution is 0.230. The standard InChI is InChI=1S/C17H31N3/c1-5-20(12-14(2)8-6-9-15(3)18)13-17-11-7-10-16(4)19-17/h7,10-11,14-15H,5-6,8-9,12-13,18H2,1-4H3. The zero-order valence-corrected chi connectivity index (χ0v) is 13.6. The van der Waals surface area contributed by atoms with Crippen LogP contribution in [0.15, 0.2) is 18.2 Å². The summed E-state index contributed by atoms with van der Waals surface area (Å²) in [6.07, 6.45) is 3.63. The quantitative estimate of drug-likeness (QED) is 0.752. The highest BCUT2D eigenvalue weighted by atomic mass is 15.1. The van der Waals surface area contributed by atoms with E-state index < -0.39 is 0 Å². The molecule has 114 valence electrons. The van der Waals surface area contributed by atoms with Gasteiger partial charge in [-0.1, -0.05) is 26.3 Å². The van der Waals surface area contributed by atoms with Gasteiger partial charge in [-0.15, -0.1) is 0 Å². The first kappa shape index (κ1) is 17.1. The van der Waals surface area contributed by atoms with Crippen molar-refractivity contribution in [2.75, 3.05) is 13.1 Å². The summed E-state index contributed by atoms with van der Waals surface area (Å²) in [5.41, 5.74) is 8.08. The van der Waals surface area contributed by atoms with E-state index in [4.69, 9.17) is 5.73 Å². The highest BCUT2D eigenvalue weighted by Crippen LogP contribution is 2.12. The van der Waals surface area contributed by atoms with Crippen LogP contribution in [0.4, 0.5) is 0 Å². The minimum atomic E-state index is 0.334. The lowest BCUT2D eigenvalue weighted by Gasteiger charge is -2.24. The molecule has 1 aromatic rings. The molecule has 0 bridgehead atoms. The van der Waals surface area contributed by atoms with Gasteiger partial charge in [0.05, 0.1) is 5.69 Å². The minimum absolute atomic E-state index is 0.334. The Morgan fingerprint density at radius 3 is 2.60 bits per heavy atom. The van der Waals surface area contributed by atoms with E-state index in [-0.39, 0.29) is 0 Å². The van der Waals surface area contributed by atoms with E-state index in [9.17, 15) is 0 Å². The number of aromatic nitrogens is 1. The van der Waals surface area contributed by atoms with E-state index in [0.29, 0.717) is 6.04 Å². The smallest absolute Gasteiger partial charge is 0.0547 e. The van der Waals surface area contributed by atoms with Crippen LogP contribution in [0.25, 0.3) is 0 Å². The Morgan fingerprint density at radius 1 is 1.25 bits per heavy atom. The summed E-state index contributed by atoms with van der Waals surface area (Å²) >= 11 is 0. The second-order valence-corrected chi connectivity index (χ2v) is 6.11. The van der Waals surface area contributed by atoms with Crippen molar-refractivity contribution in [2.45, 2.75) is 59.5 Å². The molecule has 2 atom stereocenters. The molecule has 1 heterocycles. The van der Waals surface area contributed by atoms with Crippen molar-refractivity contribution in [3.05, 3.63) is 29.6 Å². The van der Waals surface area contributed by atoms with Gasteiger partial charge in [0.25, 0.3) is 0 Å². The van der Waals surface area contributed by atoms with Crippen molar-refractivity contribution in [3.63, 3.8) is 0 Å². The minimum Gasteiger partial charge on any atom is -0.328 e. The van der Waals surface area contributed by atoms with Crippen molar-refractivity contribution in [2.24, 2.45) is 11.7 Å². The lowest BCUT2D eigenvalue weighted by Crippen LogP contribution is -2.28. The summed E-state index contributed by atoms with van der Waals surface area (Å²) in [4.78, 5) is 7.08. The Balaban J connectivity index is 2.38. The van der Waals surface area contributed by atoms with Gasteiger partial charge >= 0.3 is 0 Å². The first-order valence-corrected chi connectivity index (χ1v) is 7.91. The molecule has 0 saturated carbocycles. The zero-order valence-electron chi connectivity index (χ0n) is 13.6. The molecule has 0 aromatic carbocycles. The molecule has 0 aliphatic heterocycles. The van der Waals surface area contributed by atoms with Crippen LogP contribution < -0.4 is 5.73 Å². The number of pyridine rings is 1. The third-order valence-corrected chi connectivity index (χ3v) is 3.71. The van der Waals surface area contributed by atoms with Gasteiger partial charge in [-0.2, -0.15) is 0 Å². The fourth-order valence-corrected chi connectivity index (χ4v) is 2.54. The van der Waals surface area contributed by atoms with Crippen molar-refractivity contribution < 1.29 is 0 Å². The number of aryl methyl sites for hydroxylation is 1. The second kappa shape index (κ2) is 9.09. The topological polar surface area (TPSA) is 42.2 Å². The van der Waals surface area contributed by atoms with E-state index in [0.717, 1.165) is 37.7 Å². The van der Waals surface area contributed by atoms with Crippen molar-refractivity contribution in [1.29, 1.82) is 0 Å². The highest BCUT2D eigenvalue weighted by molar-refractivity contribution is 5.09. The van der Waals surface area contributed by atoms with E-state index in [2.05, 4.69) is 55.8 Å². The summed E-state index contributed by atoms with van der Waals surface area (Å²) < 4.78 is 0. The Bertz CT molecular complexity index is 376. The molecule has 20 heavy (non-hydrogen) atoms. The van der Waals surface area contributed by atoms with Crippen LogP contribution in [0.5, 0.6) is 0 Å². The predicted molar refractivity (Wildman–Crippen MR) is 86.6 cm³/mol. The number of nitrogens with zero attached hydrogens (tertiary/aromatic N) is 2. The van der Waals surface area contributed by atoms with Gasteiger partial charge in [0.15, 0.2) is 0 Å². The number of hydrogen-bond acceptors (Lipinski definition) is 3. The van der Waals surface area contributed by atoms with Gasteiger partial charge in [0, 0.05) is 24.8 Å². The van der Waals surface area contributed by atoms with E-state index in [1.165, 1.54) is 18.5 Å². The summed E-state index contributed by atoms with van der Waals surface area (Å²) in [6, 6.07) is 6.60. The average Bonchev–Trinajstić information content (AvgIpc) is 2.37. The molecule has 2 unspecified atom stereocenters. The molecule has 0 amide bonds. The monoisotopic (exact) mass is 277 g/mol. The third kappa shape index (κ3) is 7.01. The van der Waals surface area contributed by atoms with Gasteiger partial charge in [0.2, 0.25) is 0 Å². The van der Waals surface area contributed by atoms with Gasteiger partial charge in [-0.05, 0) is 51.3 Å². The number of nitrogens with two attached hydrogens (primary N) is 1. The predicted octanol–water partition coefficient (Wildman–Crippen LogP) is 3.37. The van der Waals surface area contributed by atoms with Crippen molar-refractivity contribution in [1.82, 2.24) is 9.88 Å². The maximum absolute atomic E-state index is 5.80. The Kier molecular flexibility index (Phi) is 7.78. The lowest BCUT2D eigenvalue weighted by atomic mass is 10.0. The maximum atomic E-state index is 5.80. The normalized spacial score (nSPS) is 14.5. The van der Waals surface area contributed by atoms with Crippen molar-refractivity contribution in [3.8, 4) is 0 Å². The van der Waals surface area contributed by atoms with E-state index in [1.807, 2.05) is 0 Å². The number of hydrogen-bond donors (Lipinski definition) is 1. The summed E-state index contributed by atoms with van der Waals surface area (Å²) in [6.45, 7) is 11.9. The van der Waals surface area contributed by atoms with Crippen LogP contribution in [0.3, 0.4) is 0 Å². The molecule has 0 fully saturated rings. The number of rotatable bonds is 9. The molecule has 1 aromatic heterocycles. The Hall–Kier alpha value is -0.930. The maximum Gasteiger partial charge on any atom is 0.0547 e. The molecule has 3 nitrogen and oxygen atoms in total. The molecular weight excluding hydrogens is 246 g/mol. The van der Waals surface area contributed by atoms with E-state index >= 15 is 0 Å². The zero-order chi connectivity index (χ0) is 15.0. The Labute approximate surface area is 124 Å². The van der Waals surface area contributed by atoms with E-state index in [1.54, 1.807) is 0 Å². The first-order valence-electron chi connectivity index (χ1n) is 7.91. The summed E-state index contributed by atoms with van der Waals surface area (Å²) in [5.74, 6) is 0.721. The van der Waals surface area contributed by atoms with Crippen LogP contribution in [0.1, 0.15) is 51.4 Å². The fraction of sp³-hybridized carbons (Fsp3) is 0.706. The van der Waals surface area contributed by atoms with Gasteiger partial charge in [-0.25, -0.2) is 0 Å². The SMILES string of the molecule is CCN(Cc1cccc(C)n1)CC(C)CCCC(C)N. The Morgan fingerprint density at radius 2 is 2.00 bits per heavy atom. The first-order chi connectivity index (χ1) is 9.51. The van der Waals surface area contributed by atoms with Crippen molar-refractivity contribution >= 4 is 0 Å². The van der Waals surface area contributed by atoms with Gasteiger partial charge in [-0.3, -0.25) is 9.88 Å². The largest absolute Gasteiger partial charge is 0.328 e. The van der Waals surface area contributed by atoms with Crippen LogP contribution in [0, 0.1) is 12.8 Å². The molecule has 2 N–H and O–H groups in total.